The number of ether oxygens (including phenoxy) is 1. The monoisotopic (exact) mass is 285 g/mol. The number of hydrogen-bond acceptors (Lipinski definition) is 3. The summed E-state index contributed by atoms with van der Waals surface area (Å²) in [6.07, 6.45) is 1.62. The minimum Gasteiger partial charge on any atom is -0.453 e. The standard InChI is InChI=1S/C16H19N3O2/c1-11-14(8-17-18(11)2)15-10-19(16(20)21-3)9-12-6-4-5-7-13(12)15/h4-8,15H,9-10H2,1-3H3/t15-/m1/s1. The first-order valence-corrected chi connectivity index (χ1v) is 7.01. The van der Waals surface area contributed by atoms with Crippen LogP contribution in [-0.4, -0.2) is 34.4 Å². The number of methoxy groups -OCH3 is 1. The average molecular weight is 285 g/mol. The average Bonchev–Trinajstić information content (AvgIpc) is 2.85. The first-order valence-electron chi connectivity index (χ1n) is 7.01. The number of carbonyl (C=O) groups excluding carboxylic acids is 1. The maximum absolute atomic E-state index is 11.9. The summed E-state index contributed by atoms with van der Waals surface area (Å²) in [4.78, 5) is 13.7. The van der Waals surface area contributed by atoms with Gasteiger partial charge >= 0.3 is 6.09 Å². The molecule has 0 aliphatic carbocycles. The lowest BCUT2D eigenvalue weighted by molar-refractivity contribution is 0.116. The van der Waals surface area contributed by atoms with Crippen LogP contribution in [0.5, 0.6) is 0 Å². The van der Waals surface area contributed by atoms with Crippen molar-refractivity contribution in [3.05, 3.63) is 52.8 Å². The molecule has 0 saturated heterocycles. The van der Waals surface area contributed by atoms with Crippen molar-refractivity contribution < 1.29 is 9.53 Å². The van der Waals surface area contributed by atoms with Crippen LogP contribution in [0.1, 0.15) is 28.3 Å². The number of benzene rings is 1. The molecule has 0 saturated carbocycles. The van der Waals surface area contributed by atoms with Gasteiger partial charge in [-0.1, -0.05) is 24.3 Å². The predicted molar refractivity (Wildman–Crippen MR) is 79.0 cm³/mol. The highest BCUT2D eigenvalue weighted by Crippen LogP contribution is 2.34. The molecule has 0 radical (unpaired) electrons. The maximum atomic E-state index is 11.9. The Kier molecular flexibility index (Phi) is 3.41. The third-order valence-electron chi connectivity index (χ3n) is 4.28. The molecule has 0 unspecified atom stereocenters. The molecule has 2 aromatic rings. The van der Waals surface area contributed by atoms with Crippen molar-refractivity contribution in [1.82, 2.24) is 14.7 Å². The summed E-state index contributed by atoms with van der Waals surface area (Å²) in [5.74, 6) is 0.141. The van der Waals surface area contributed by atoms with Crippen molar-refractivity contribution in [2.75, 3.05) is 13.7 Å². The fourth-order valence-electron chi connectivity index (χ4n) is 3.00. The Morgan fingerprint density at radius 3 is 2.76 bits per heavy atom. The van der Waals surface area contributed by atoms with Crippen molar-refractivity contribution in [2.45, 2.75) is 19.4 Å². The molecule has 1 aromatic heterocycles. The van der Waals surface area contributed by atoms with Gasteiger partial charge in [-0.2, -0.15) is 5.10 Å². The van der Waals surface area contributed by atoms with Gasteiger partial charge in [0.25, 0.3) is 0 Å². The Bertz CT molecular complexity index is 678. The molecular weight excluding hydrogens is 266 g/mol. The second-order valence-electron chi connectivity index (χ2n) is 5.41. The molecule has 21 heavy (non-hydrogen) atoms. The predicted octanol–water partition coefficient (Wildman–Crippen LogP) is 2.44. The van der Waals surface area contributed by atoms with Crippen LogP contribution in [0.4, 0.5) is 4.79 Å². The Morgan fingerprint density at radius 2 is 2.10 bits per heavy atom. The van der Waals surface area contributed by atoms with Crippen LogP contribution >= 0.6 is 0 Å². The number of carbonyl (C=O) groups is 1. The SMILES string of the molecule is COC(=O)N1Cc2ccccc2[C@H](c2cnn(C)c2C)C1. The van der Waals surface area contributed by atoms with Crippen molar-refractivity contribution in [3.63, 3.8) is 0 Å². The second kappa shape index (κ2) is 5.24. The summed E-state index contributed by atoms with van der Waals surface area (Å²) in [6.45, 7) is 3.27. The number of fused-ring (bicyclic) bond motifs is 1. The summed E-state index contributed by atoms with van der Waals surface area (Å²) >= 11 is 0. The molecule has 0 N–H and O–H groups in total. The van der Waals surface area contributed by atoms with E-state index in [9.17, 15) is 4.79 Å². The van der Waals surface area contributed by atoms with Gasteiger partial charge in [0.15, 0.2) is 0 Å². The van der Waals surface area contributed by atoms with Gasteiger partial charge in [0.2, 0.25) is 0 Å². The van der Waals surface area contributed by atoms with Crippen LogP contribution in [0.2, 0.25) is 0 Å². The molecule has 0 spiro atoms. The van der Waals surface area contributed by atoms with Crippen LogP contribution in [-0.2, 0) is 18.3 Å². The van der Waals surface area contributed by atoms with Crippen molar-refractivity contribution in [1.29, 1.82) is 0 Å². The Labute approximate surface area is 124 Å². The summed E-state index contributed by atoms with van der Waals surface area (Å²) in [5.41, 5.74) is 4.73. The molecule has 5 heteroatoms. The minimum atomic E-state index is -0.281. The van der Waals surface area contributed by atoms with Gasteiger partial charge in [-0.3, -0.25) is 4.68 Å². The number of nitrogens with zero attached hydrogens (tertiary/aromatic N) is 3. The zero-order valence-corrected chi connectivity index (χ0v) is 12.5. The molecule has 1 aliphatic heterocycles. The third kappa shape index (κ3) is 2.28. The molecule has 1 amide bonds. The van der Waals surface area contributed by atoms with Gasteiger partial charge in [-0.05, 0) is 18.1 Å². The zero-order valence-electron chi connectivity index (χ0n) is 12.5. The highest BCUT2D eigenvalue weighted by molar-refractivity contribution is 5.68. The first-order chi connectivity index (χ1) is 10.1. The maximum Gasteiger partial charge on any atom is 0.409 e. The smallest absolute Gasteiger partial charge is 0.409 e. The van der Waals surface area contributed by atoms with E-state index in [0.29, 0.717) is 13.1 Å². The fraction of sp³-hybridized carbons (Fsp3) is 0.375. The molecule has 5 nitrogen and oxygen atoms in total. The number of rotatable bonds is 1. The van der Waals surface area contributed by atoms with Gasteiger partial charge in [0, 0.05) is 37.3 Å². The van der Waals surface area contributed by atoms with Gasteiger partial charge in [-0.15, -0.1) is 0 Å². The van der Waals surface area contributed by atoms with E-state index in [1.807, 2.05) is 30.1 Å². The number of amides is 1. The van der Waals surface area contributed by atoms with Crippen LogP contribution in [0.15, 0.2) is 30.5 Å². The Hall–Kier alpha value is -2.30. The second-order valence-corrected chi connectivity index (χ2v) is 5.41. The van der Waals surface area contributed by atoms with Crippen LogP contribution in [0.3, 0.4) is 0 Å². The molecule has 110 valence electrons. The highest BCUT2D eigenvalue weighted by atomic mass is 16.5. The van der Waals surface area contributed by atoms with Crippen molar-refractivity contribution in [2.24, 2.45) is 7.05 Å². The normalized spacial score (nSPS) is 17.5. The number of hydrogen-bond donors (Lipinski definition) is 0. The summed E-state index contributed by atoms with van der Waals surface area (Å²) in [5, 5.41) is 4.34. The molecule has 2 heterocycles. The largest absolute Gasteiger partial charge is 0.453 e. The van der Waals surface area contributed by atoms with E-state index >= 15 is 0 Å². The Balaban J connectivity index is 2.06. The van der Waals surface area contributed by atoms with E-state index < -0.39 is 0 Å². The number of aryl methyl sites for hydroxylation is 1. The lowest BCUT2D eigenvalue weighted by Crippen LogP contribution is -2.38. The van der Waals surface area contributed by atoms with Gasteiger partial charge in [0.05, 0.1) is 13.3 Å². The van der Waals surface area contributed by atoms with Crippen molar-refractivity contribution >= 4 is 6.09 Å². The molecule has 1 aliphatic rings. The van der Waals surface area contributed by atoms with E-state index in [1.54, 1.807) is 4.90 Å². The lowest BCUT2D eigenvalue weighted by atomic mass is 9.85. The van der Waals surface area contributed by atoms with Crippen LogP contribution < -0.4 is 0 Å². The van der Waals surface area contributed by atoms with E-state index in [0.717, 1.165) is 5.69 Å². The molecule has 3 rings (SSSR count). The van der Waals surface area contributed by atoms with Gasteiger partial charge in [-0.25, -0.2) is 4.79 Å². The summed E-state index contributed by atoms with van der Waals surface area (Å²) in [6, 6.07) is 8.27. The van der Waals surface area contributed by atoms with Crippen LogP contribution in [0, 0.1) is 6.92 Å². The molecular formula is C16H19N3O2. The molecule has 1 atom stereocenters. The van der Waals surface area contributed by atoms with E-state index in [4.69, 9.17) is 4.74 Å². The topological polar surface area (TPSA) is 47.4 Å². The minimum absolute atomic E-state index is 0.141. The van der Waals surface area contributed by atoms with Gasteiger partial charge in [0.1, 0.15) is 0 Å². The van der Waals surface area contributed by atoms with Crippen LogP contribution in [0.25, 0.3) is 0 Å². The van der Waals surface area contributed by atoms with E-state index in [1.165, 1.54) is 23.8 Å². The first kappa shape index (κ1) is 13.7. The van der Waals surface area contributed by atoms with E-state index in [-0.39, 0.29) is 12.0 Å². The molecule has 0 bridgehead atoms. The molecule has 1 aromatic carbocycles. The van der Waals surface area contributed by atoms with E-state index in [2.05, 4.69) is 24.2 Å². The zero-order chi connectivity index (χ0) is 15.0. The Morgan fingerprint density at radius 1 is 1.33 bits per heavy atom. The number of aromatic nitrogens is 2. The summed E-state index contributed by atoms with van der Waals surface area (Å²) in [7, 11) is 3.36. The summed E-state index contributed by atoms with van der Waals surface area (Å²) < 4.78 is 6.76. The quantitative estimate of drug-likeness (QED) is 0.808. The lowest BCUT2D eigenvalue weighted by Gasteiger charge is -2.33. The molecule has 0 fully saturated rings. The van der Waals surface area contributed by atoms with Crippen molar-refractivity contribution in [3.8, 4) is 0 Å². The third-order valence-corrected chi connectivity index (χ3v) is 4.28. The fourth-order valence-corrected chi connectivity index (χ4v) is 3.00. The van der Waals surface area contributed by atoms with Gasteiger partial charge < -0.3 is 9.64 Å². The highest BCUT2D eigenvalue weighted by Gasteiger charge is 2.31.